The van der Waals surface area contributed by atoms with E-state index in [4.69, 9.17) is 9.84 Å². The van der Waals surface area contributed by atoms with Crippen LogP contribution in [0.3, 0.4) is 0 Å². The van der Waals surface area contributed by atoms with Gasteiger partial charge in [-0.25, -0.2) is 4.79 Å². The van der Waals surface area contributed by atoms with Gasteiger partial charge in [0.25, 0.3) is 0 Å². The van der Waals surface area contributed by atoms with Crippen molar-refractivity contribution in [3.8, 4) is 0 Å². The number of carbonyl (C=O) groups is 2. The number of unbranched alkanes of at least 4 members (excludes halogenated alkanes) is 1. The molecule has 98 valence electrons. The monoisotopic (exact) mass is 251 g/mol. The smallest absolute Gasteiger partial charge is 0.335 e. The van der Waals surface area contributed by atoms with Crippen LogP contribution in [0.15, 0.2) is 24.3 Å². The molecule has 1 aromatic rings. The van der Waals surface area contributed by atoms with Gasteiger partial charge >= 0.3 is 5.97 Å². The number of hydrogen-bond donors (Lipinski definition) is 2. The predicted molar refractivity (Wildman–Crippen MR) is 67.8 cm³/mol. The van der Waals surface area contributed by atoms with Gasteiger partial charge in [-0.1, -0.05) is 19.4 Å². The van der Waals surface area contributed by atoms with Crippen molar-refractivity contribution in [3.05, 3.63) is 29.8 Å². The summed E-state index contributed by atoms with van der Waals surface area (Å²) in [7, 11) is 0. The van der Waals surface area contributed by atoms with Crippen LogP contribution in [-0.2, 0) is 9.53 Å². The van der Waals surface area contributed by atoms with Gasteiger partial charge in [0, 0.05) is 12.3 Å². The number of hydrogen-bond acceptors (Lipinski definition) is 3. The predicted octanol–water partition coefficient (Wildman–Crippen LogP) is 2.14. The number of carboxylic acid groups (broad SMARTS) is 1. The highest BCUT2D eigenvalue weighted by molar-refractivity contribution is 5.94. The van der Waals surface area contributed by atoms with Crippen LogP contribution in [-0.4, -0.2) is 30.2 Å². The fraction of sp³-hybridized carbons (Fsp3) is 0.385. The van der Waals surface area contributed by atoms with Crippen LogP contribution < -0.4 is 5.32 Å². The molecule has 0 unspecified atom stereocenters. The number of rotatable bonds is 7. The molecule has 0 aromatic heterocycles. The van der Waals surface area contributed by atoms with Crippen LogP contribution >= 0.6 is 0 Å². The van der Waals surface area contributed by atoms with E-state index in [1.165, 1.54) is 12.1 Å². The zero-order chi connectivity index (χ0) is 13.4. The lowest BCUT2D eigenvalue weighted by Gasteiger charge is -2.06. The van der Waals surface area contributed by atoms with Gasteiger partial charge in [0.1, 0.15) is 6.61 Å². The minimum atomic E-state index is -1.02. The summed E-state index contributed by atoms with van der Waals surface area (Å²) in [4.78, 5) is 22.2. The molecule has 18 heavy (non-hydrogen) atoms. The van der Waals surface area contributed by atoms with Gasteiger partial charge in [-0.3, -0.25) is 4.79 Å². The molecule has 0 aliphatic carbocycles. The van der Waals surface area contributed by atoms with Crippen molar-refractivity contribution in [3.63, 3.8) is 0 Å². The molecule has 0 radical (unpaired) electrons. The highest BCUT2D eigenvalue weighted by atomic mass is 16.5. The fourth-order valence-electron chi connectivity index (χ4n) is 1.34. The summed E-state index contributed by atoms with van der Waals surface area (Å²) in [6, 6.07) is 6.09. The Hall–Kier alpha value is -1.88. The standard InChI is InChI=1S/C13H17NO4/c1-2-3-7-18-9-12(15)14-11-6-4-5-10(8-11)13(16)17/h4-6,8H,2-3,7,9H2,1H3,(H,14,15)(H,16,17). The van der Waals surface area contributed by atoms with E-state index in [0.717, 1.165) is 12.8 Å². The maximum Gasteiger partial charge on any atom is 0.335 e. The number of aromatic carboxylic acids is 1. The van der Waals surface area contributed by atoms with Gasteiger partial charge in [0.2, 0.25) is 5.91 Å². The maximum absolute atomic E-state index is 11.5. The molecule has 0 saturated carbocycles. The lowest BCUT2D eigenvalue weighted by molar-refractivity contribution is -0.120. The molecule has 5 nitrogen and oxygen atoms in total. The van der Waals surface area contributed by atoms with Crippen molar-refractivity contribution in [1.29, 1.82) is 0 Å². The molecule has 0 aliphatic rings. The number of nitrogens with one attached hydrogen (secondary N) is 1. The maximum atomic E-state index is 11.5. The van der Waals surface area contributed by atoms with Gasteiger partial charge in [0.15, 0.2) is 0 Å². The number of carbonyl (C=O) groups excluding carboxylic acids is 1. The van der Waals surface area contributed by atoms with E-state index in [0.29, 0.717) is 12.3 Å². The van der Waals surface area contributed by atoms with E-state index in [9.17, 15) is 9.59 Å². The summed E-state index contributed by atoms with van der Waals surface area (Å²) in [5.74, 6) is -1.31. The van der Waals surface area contributed by atoms with Crippen molar-refractivity contribution >= 4 is 17.6 Å². The first-order chi connectivity index (χ1) is 8.63. The minimum absolute atomic E-state index is 0.0166. The third-order valence-corrected chi connectivity index (χ3v) is 2.27. The Balaban J connectivity index is 2.44. The van der Waals surface area contributed by atoms with Gasteiger partial charge in [-0.2, -0.15) is 0 Å². The molecule has 0 heterocycles. The Labute approximate surface area is 106 Å². The average molecular weight is 251 g/mol. The molecule has 1 amide bonds. The lowest BCUT2D eigenvalue weighted by atomic mass is 10.2. The SMILES string of the molecule is CCCCOCC(=O)Nc1cccc(C(=O)O)c1. The van der Waals surface area contributed by atoms with Gasteiger partial charge in [-0.05, 0) is 24.6 Å². The molecule has 0 saturated heterocycles. The third kappa shape index (κ3) is 4.97. The second-order valence-electron chi connectivity index (χ2n) is 3.84. The minimum Gasteiger partial charge on any atom is -0.478 e. The van der Waals surface area contributed by atoms with Crippen LogP contribution in [0.5, 0.6) is 0 Å². The molecule has 0 aliphatic heterocycles. The summed E-state index contributed by atoms with van der Waals surface area (Å²) in [5.41, 5.74) is 0.596. The Morgan fingerprint density at radius 2 is 2.17 bits per heavy atom. The molecular weight excluding hydrogens is 234 g/mol. The first kappa shape index (κ1) is 14.2. The van der Waals surface area contributed by atoms with E-state index in [1.54, 1.807) is 12.1 Å². The van der Waals surface area contributed by atoms with Gasteiger partial charge in [-0.15, -0.1) is 0 Å². The molecule has 1 rings (SSSR count). The van der Waals surface area contributed by atoms with Crippen LogP contribution in [0.1, 0.15) is 30.1 Å². The van der Waals surface area contributed by atoms with Gasteiger partial charge in [0.05, 0.1) is 5.56 Å². The topological polar surface area (TPSA) is 75.6 Å². The number of anilines is 1. The Bertz CT molecular complexity index is 417. The Kier molecular flexibility index (Phi) is 5.87. The number of amides is 1. The summed E-state index contributed by atoms with van der Waals surface area (Å²) in [6.07, 6.45) is 1.93. The molecule has 5 heteroatoms. The van der Waals surface area contributed by atoms with Crippen LogP contribution in [0, 0.1) is 0 Å². The zero-order valence-electron chi connectivity index (χ0n) is 10.3. The van der Waals surface area contributed by atoms with E-state index >= 15 is 0 Å². The Morgan fingerprint density at radius 3 is 2.83 bits per heavy atom. The Morgan fingerprint density at radius 1 is 1.39 bits per heavy atom. The second kappa shape index (κ2) is 7.45. The van der Waals surface area contributed by atoms with Crippen LogP contribution in [0.4, 0.5) is 5.69 Å². The number of ether oxygens (including phenoxy) is 1. The second-order valence-corrected chi connectivity index (χ2v) is 3.84. The molecule has 0 bridgehead atoms. The van der Waals surface area contributed by atoms with Crippen LogP contribution in [0.25, 0.3) is 0 Å². The van der Waals surface area contributed by atoms with E-state index in [1.807, 2.05) is 6.92 Å². The summed E-state index contributed by atoms with van der Waals surface area (Å²) >= 11 is 0. The number of benzene rings is 1. The molecule has 2 N–H and O–H groups in total. The van der Waals surface area contributed by atoms with Crippen molar-refractivity contribution in [1.82, 2.24) is 0 Å². The van der Waals surface area contributed by atoms with Crippen LogP contribution in [0.2, 0.25) is 0 Å². The zero-order valence-corrected chi connectivity index (χ0v) is 10.3. The molecule has 1 aromatic carbocycles. The lowest BCUT2D eigenvalue weighted by Crippen LogP contribution is -2.18. The largest absolute Gasteiger partial charge is 0.478 e. The quantitative estimate of drug-likeness (QED) is 0.728. The first-order valence-electron chi connectivity index (χ1n) is 5.84. The van der Waals surface area contributed by atoms with Crippen molar-refractivity contribution in [2.24, 2.45) is 0 Å². The highest BCUT2D eigenvalue weighted by Gasteiger charge is 2.06. The summed E-state index contributed by atoms with van der Waals surface area (Å²) in [5, 5.41) is 11.4. The van der Waals surface area contributed by atoms with Gasteiger partial charge < -0.3 is 15.2 Å². The van der Waals surface area contributed by atoms with E-state index in [2.05, 4.69) is 5.32 Å². The van der Waals surface area contributed by atoms with Crippen molar-refractivity contribution < 1.29 is 19.4 Å². The van der Waals surface area contributed by atoms with E-state index < -0.39 is 5.97 Å². The summed E-state index contributed by atoms with van der Waals surface area (Å²) in [6.45, 7) is 2.58. The molecular formula is C13H17NO4. The third-order valence-electron chi connectivity index (χ3n) is 2.27. The van der Waals surface area contributed by atoms with Crippen molar-refractivity contribution in [2.75, 3.05) is 18.5 Å². The normalized spacial score (nSPS) is 10.1. The molecule has 0 atom stereocenters. The number of carboxylic acids is 1. The molecule has 0 spiro atoms. The summed E-state index contributed by atoms with van der Waals surface area (Å²) < 4.78 is 5.16. The van der Waals surface area contributed by atoms with E-state index in [-0.39, 0.29) is 18.1 Å². The first-order valence-corrected chi connectivity index (χ1v) is 5.84. The molecule has 0 fully saturated rings. The van der Waals surface area contributed by atoms with Crippen molar-refractivity contribution in [2.45, 2.75) is 19.8 Å². The fourth-order valence-corrected chi connectivity index (χ4v) is 1.34. The highest BCUT2D eigenvalue weighted by Crippen LogP contribution is 2.10. The average Bonchev–Trinajstić information content (AvgIpc) is 2.35.